The standard InChI is InChI=1S/C58H44N2O3/c1-33-26-27-35-14-3-7-18-40(35)52(33)54-42-20-9-5-16-37(42)30-46(56(54)61)48(59)32-49(60-34(2)39-23-13-24-45-44-22-11-12-25-50(44)62-57(39)45)47-31-38-17-6-10-21-43(38)55-53-41-19-8-4-15-36(41)28-29-51(53)63-58(47)55/h3-30,32,34,47,54,56,61H,31,59H2,1-2H3/b48-32-,60-49?. The van der Waals surface area contributed by atoms with Crippen LogP contribution in [0.2, 0.25) is 0 Å². The fourth-order valence-corrected chi connectivity index (χ4v) is 10.7. The number of para-hydroxylation sites is 2. The van der Waals surface area contributed by atoms with Crippen molar-refractivity contribution in [2.45, 2.75) is 44.2 Å². The number of hydrogen-bond acceptors (Lipinski definition) is 5. The van der Waals surface area contributed by atoms with Crippen LogP contribution in [0.25, 0.3) is 71.7 Å². The Morgan fingerprint density at radius 1 is 0.698 bits per heavy atom. The summed E-state index contributed by atoms with van der Waals surface area (Å²) in [6, 6.07) is 56.7. The maximum atomic E-state index is 12.8. The summed E-state index contributed by atoms with van der Waals surface area (Å²) in [5.74, 6) is 0.229. The van der Waals surface area contributed by atoms with Gasteiger partial charge in [0, 0.05) is 50.2 Å². The number of aliphatic hydroxyl groups excluding tert-OH is 1. The largest absolute Gasteiger partial charge is 0.460 e. The summed E-state index contributed by atoms with van der Waals surface area (Å²) in [4.78, 5) is 5.66. The molecule has 0 bridgehead atoms. The molecule has 4 atom stereocenters. The Balaban J connectivity index is 1.07. The van der Waals surface area contributed by atoms with Crippen LogP contribution in [0.5, 0.6) is 0 Å². The van der Waals surface area contributed by atoms with E-state index in [0.717, 1.165) is 99.3 Å². The number of nitrogens with two attached hydrogens (primary N) is 1. The average Bonchev–Trinajstić information content (AvgIpc) is 3.91. The highest BCUT2D eigenvalue weighted by molar-refractivity contribution is 6.16. The Bertz CT molecular complexity index is 3580. The summed E-state index contributed by atoms with van der Waals surface area (Å²) in [7, 11) is 0. The Kier molecular flexibility index (Phi) is 8.63. The Morgan fingerprint density at radius 3 is 2.27 bits per heavy atom. The highest BCUT2D eigenvalue weighted by atomic mass is 16.3. The van der Waals surface area contributed by atoms with Gasteiger partial charge in [0.25, 0.3) is 0 Å². The van der Waals surface area contributed by atoms with Gasteiger partial charge in [-0.1, -0.05) is 152 Å². The molecule has 0 spiro atoms. The maximum absolute atomic E-state index is 12.8. The van der Waals surface area contributed by atoms with Crippen molar-refractivity contribution < 1.29 is 13.9 Å². The van der Waals surface area contributed by atoms with Crippen LogP contribution in [0.15, 0.2) is 195 Å². The van der Waals surface area contributed by atoms with E-state index < -0.39 is 6.10 Å². The number of nitrogens with zero attached hydrogens (tertiary/aromatic N) is 1. The van der Waals surface area contributed by atoms with Gasteiger partial charge in [-0.05, 0) is 99.5 Å². The molecule has 10 aromatic rings. The van der Waals surface area contributed by atoms with Gasteiger partial charge in [0.05, 0.1) is 18.1 Å². The summed E-state index contributed by atoms with van der Waals surface area (Å²) >= 11 is 0. The minimum absolute atomic E-state index is 0.290. The number of rotatable bonds is 6. The third-order valence-corrected chi connectivity index (χ3v) is 13.6. The van der Waals surface area contributed by atoms with Gasteiger partial charge < -0.3 is 19.7 Å². The van der Waals surface area contributed by atoms with Crippen molar-refractivity contribution in [1.29, 1.82) is 0 Å². The second-order valence-corrected chi connectivity index (χ2v) is 17.2. The van der Waals surface area contributed by atoms with Gasteiger partial charge in [-0.2, -0.15) is 0 Å². The number of aryl methyl sites for hydroxylation is 1. The van der Waals surface area contributed by atoms with Crippen LogP contribution < -0.4 is 5.73 Å². The SMILES string of the molecule is Cc1ccc2ccccc2c1C1c2ccccc2C=C(/C(N)=C/C(=NC(C)c2cccc3c2oc2ccccc23)C2Cc3ccccc3-c3c2oc2ccc4ccccc4c32)C1O. The summed E-state index contributed by atoms with van der Waals surface area (Å²) in [5, 5.41) is 20.6. The van der Waals surface area contributed by atoms with Crippen LogP contribution in [0.3, 0.4) is 0 Å². The number of aliphatic hydroxyl groups is 1. The number of hydrogen-bond donors (Lipinski definition) is 2. The molecule has 2 aromatic heterocycles. The molecular weight excluding hydrogens is 773 g/mol. The van der Waals surface area contributed by atoms with Crippen LogP contribution in [0, 0.1) is 6.92 Å². The van der Waals surface area contributed by atoms with Gasteiger partial charge >= 0.3 is 0 Å². The summed E-state index contributed by atoms with van der Waals surface area (Å²) in [6.07, 6.45) is 3.81. The number of aliphatic imine (C=N–C) groups is 1. The van der Waals surface area contributed by atoms with E-state index in [2.05, 4.69) is 166 Å². The summed E-state index contributed by atoms with van der Waals surface area (Å²) in [5.41, 5.74) is 20.6. The second kappa shape index (κ2) is 14.6. The van der Waals surface area contributed by atoms with Gasteiger partial charge in [0.15, 0.2) is 0 Å². The smallest absolute Gasteiger partial charge is 0.140 e. The molecule has 0 saturated heterocycles. The molecule has 12 rings (SSSR count). The lowest BCUT2D eigenvalue weighted by molar-refractivity contribution is 0.193. The van der Waals surface area contributed by atoms with Crippen LogP contribution in [0.4, 0.5) is 0 Å². The van der Waals surface area contributed by atoms with E-state index in [1.165, 1.54) is 11.1 Å². The third kappa shape index (κ3) is 5.91. The van der Waals surface area contributed by atoms with E-state index in [1.54, 1.807) is 0 Å². The molecule has 0 radical (unpaired) electrons. The van der Waals surface area contributed by atoms with Gasteiger partial charge in [-0.15, -0.1) is 0 Å². The van der Waals surface area contributed by atoms with Crippen LogP contribution >= 0.6 is 0 Å². The molecule has 0 fully saturated rings. The van der Waals surface area contributed by atoms with Crippen molar-refractivity contribution >= 4 is 66.2 Å². The first-order valence-corrected chi connectivity index (χ1v) is 21.9. The molecule has 0 aliphatic heterocycles. The van der Waals surface area contributed by atoms with Crippen molar-refractivity contribution in [2.24, 2.45) is 10.7 Å². The number of benzene rings is 8. The predicted octanol–water partition coefficient (Wildman–Crippen LogP) is 13.9. The van der Waals surface area contributed by atoms with Crippen LogP contribution in [-0.4, -0.2) is 16.9 Å². The molecule has 0 saturated carbocycles. The van der Waals surface area contributed by atoms with E-state index >= 15 is 0 Å². The molecule has 8 aromatic carbocycles. The lowest BCUT2D eigenvalue weighted by Crippen LogP contribution is -2.30. The van der Waals surface area contributed by atoms with Gasteiger partial charge in [-0.25, -0.2) is 0 Å². The monoisotopic (exact) mass is 816 g/mol. The van der Waals surface area contributed by atoms with Crippen molar-refractivity contribution in [1.82, 2.24) is 0 Å². The molecule has 5 heteroatoms. The topological polar surface area (TPSA) is 84.9 Å². The minimum Gasteiger partial charge on any atom is -0.460 e. The second-order valence-electron chi connectivity index (χ2n) is 17.2. The number of fused-ring (bicyclic) bond motifs is 12. The van der Waals surface area contributed by atoms with Crippen LogP contribution in [-0.2, 0) is 6.42 Å². The van der Waals surface area contributed by atoms with E-state index in [1.807, 2.05) is 24.3 Å². The zero-order chi connectivity index (χ0) is 42.3. The number of allylic oxidation sites excluding steroid dienone is 1. The van der Waals surface area contributed by atoms with Crippen molar-refractivity contribution in [3.63, 3.8) is 0 Å². The first kappa shape index (κ1) is 37.3. The van der Waals surface area contributed by atoms with E-state index in [4.69, 9.17) is 19.6 Å². The van der Waals surface area contributed by atoms with Crippen molar-refractivity contribution in [3.05, 3.63) is 220 Å². The summed E-state index contributed by atoms with van der Waals surface area (Å²) < 4.78 is 13.6. The van der Waals surface area contributed by atoms with Crippen molar-refractivity contribution in [2.75, 3.05) is 0 Å². The normalized spacial score (nSPS) is 18.1. The fourth-order valence-electron chi connectivity index (χ4n) is 10.7. The first-order valence-electron chi connectivity index (χ1n) is 21.9. The van der Waals surface area contributed by atoms with E-state index in [-0.39, 0.29) is 17.9 Å². The zero-order valence-corrected chi connectivity index (χ0v) is 35.0. The number of furan rings is 2. The van der Waals surface area contributed by atoms with E-state index in [0.29, 0.717) is 17.7 Å². The first-order chi connectivity index (χ1) is 30.9. The molecule has 2 aliphatic rings. The van der Waals surface area contributed by atoms with Gasteiger partial charge in [0.2, 0.25) is 0 Å². The lowest BCUT2D eigenvalue weighted by atomic mass is 9.73. The van der Waals surface area contributed by atoms with Crippen LogP contribution in [0.1, 0.15) is 63.9 Å². The molecule has 63 heavy (non-hydrogen) atoms. The quantitative estimate of drug-likeness (QED) is 0.164. The van der Waals surface area contributed by atoms with Gasteiger partial charge in [0.1, 0.15) is 22.5 Å². The fraction of sp³-hybridized carbons (Fsp3) is 0.121. The summed E-state index contributed by atoms with van der Waals surface area (Å²) in [6.45, 7) is 4.26. The highest BCUT2D eigenvalue weighted by Gasteiger charge is 2.37. The highest BCUT2D eigenvalue weighted by Crippen LogP contribution is 2.49. The third-order valence-electron chi connectivity index (χ3n) is 13.6. The molecule has 3 N–H and O–H groups in total. The zero-order valence-electron chi connectivity index (χ0n) is 35.0. The minimum atomic E-state index is -0.927. The van der Waals surface area contributed by atoms with Crippen molar-refractivity contribution in [3.8, 4) is 11.1 Å². The lowest BCUT2D eigenvalue weighted by Gasteiger charge is -2.33. The molecule has 2 aliphatic carbocycles. The Hall–Kier alpha value is -7.47. The average molecular weight is 817 g/mol. The molecule has 304 valence electrons. The molecule has 2 heterocycles. The predicted molar refractivity (Wildman–Crippen MR) is 258 cm³/mol. The molecule has 4 unspecified atom stereocenters. The van der Waals surface area contributed by atoms with E-state index in [9.17, 15) is 5.11 Å². The Labute approximate surface area is 365 Å². The molecular formula is C58H44N2O3. The van der Waals surface area contributed by atoms with Gasteiger partial charge in [-0.3, -0.25) is 4.99 Å². The maximum Gasteiger partial charge on any atom is 0.140 e. The Morgan fingerprint density at radius 2 is 1.40 bits per heavy atom. The molecule has 0 amide bonds. The molecule has 5 nitrogen and oxygen atoms in total.